The third-order valence-electron chi connectivity index (χ3n) is 3.82. The number of hydrogen-bond donors (Lipinski definition) is 1. The summed E-state index contributed by atoms with van der Waals surface area (Å²) in [5.74, 6) is -0.130. The van der Waals surface area contributed by atoms with Gasteiger partial charge in [0.05, 0.1) is 0 Å². The van der Waals surface area contributed by atoms with Gasteiger partial charge >= 0.3 is 0 Å². The van der Waals surface area contributed by atoms with Gasteiger partial charge in [0.2, 0.25) is 5.91 Å². The highest BCUT2D eigenvalue weighted by Gasteiger charge is 2.06. The molecule has 0 rings (SSSR count). The summed E-state index contributed by atoms with van der Waals surface area (Å²) in [5.41, 5.74) is 5.24. The van der Waals surface area contributed by atoms with Crippen molar-refractivity contribution in [1.82, 2.24) is 0 Å². The Labute approximate surface area is 131 Å². The number of unbranched alkanes of at least 4 members (excludes halogenated alkanes) is 7. The summed E-state index contributed by atoms with van der Waals surface area (Å²) < 4.78 is 0. The maximum Gasteiger partial charge on any atom is 0.220 e. The molecular formula is C19H35NO. The summed E-state index contributed by atoms with van der Waals surface area (Å²) in [6.45, 7) is 4.16. The molecule has 0 fully saturated rings. The summed E-state index contributed by atoms with van der Waals surface area (Å²) >= 11 is 0. The van der Waals surface area contributed by atoms with E-state index in [0.717, 1.165) is 19.3 Å². The number of hydrogen-bond acceptors (Lipinski definition) is 1. The number of amides is 1. The van der Waals surface area contributed by atoms with Crippen LogP contribution in [0.2, 0.25) is 0 Å². The lowest BCUT2D eigenvalue weighted by molar-refractivity contribution is -0.121. The lowest BCUT2D eigenvalue weighted by atomic mass is 10.0. The Kier molecular flexibility index (Phi) is 14.6. The molecule has 0 aromatic carbocycles. The topological polar surface area (TPSA) is 43.1 Å². The second kappa shape index (κ2) is 15.3. The van der Waals surface area contributed by atoms with Crippen molar-refractivity contribution >= 4 is 5.91 Å². The first kappa shape index (κ1) is 19.9. The van der Waals surface area contributed by atoms with Crippen LogP contribution < -0.4 is 5.73 Å². The zero-order chi connectivity index (χ0) is 15.8. The first-order valence-electron chi connectivity index (χ1n) is 8.77. The molecule has 0 bridgehead atoms. The third-order valence-corrected chi connectivity index (χ3v) is 3.82. The minimum Gasteiger partial charge on any atom is -0.369 e. The molecular weight excluding hydrogens is 258 g/mol. The van der Waals surface area contributed by atoms with Gasteiger partial charge in [-0.15, -0.1) is 0 Å². The molecule has 0 saturated carbocycles. The SMILES string of the molecule is CCCCC/C=C\C/C=C\CCCCCCC(C)C(N)=O. The van der Waals surface area contributed by atoms with Gasteiger partial charge in [0.25, 0.3) is 0 Å². The van der Waals surface area contributed by atoms with Gasteiger partial charge in [0.15, 0.2) is 0 Å². The van der Waals surface area contributed by atoms with Crippen molar-refractivity contribution in [3.63, 3.8) is 0 Å². The van der Waals surface area contributed by atoms with Crippen LogP contribution in [0.25, 0.3) is 0 Å². The standard InChI is InChI=1S/C19H35NO/c1-3-4-5-6-7-8-9-10-11-12-13-14-15-16-17-18(2)19(20)21/h7-8,10-11,18H,3-6,9,12-17H2,1-2H3,(H2,20,21)/b8-7-,11-10-. The molecule has 1 amide bonds. The van der Waals surface area contributed by atoms with Gasteiger partial charge in [-0.3, -0.25) is 4.79 Å². The van der Waals surface area contributed by atoms with Crippen molar-refractivity contribution in [1.29, 1.82) is 0 Å². The quantitative estimate of drug-likeness (QED) is 0.332. The van der Waals surface area contributed by atoms with Gasteiger partial charge in [-0.1, -0.05) is 70.3 Å². The number of rotatable bonds is 14. The highest BCUT2D eigenvalue weighted by Crippen LogP contribution is 2.11. The fourth-order valence-electron chi connectivity index (χ4n) is 2.23. The van der Waals surface area contributed by atoms with Crippen LogP contribution in [0.1, 0.15) is 84.5 Å². The Morgan fingerprint density at radius 3 is 2.05 bits per heavy atom. The molecule has 0 aromatic rings. The van der Waals surface area contributed by atoms with E-state index in [-0.39, 0.29) is 11.8 Å². The normalized spacial score (nSPS) is 13.2. The van der Waals surface area contributed by atoms with E-state index >= 15 is 0 Å². The highest BCUT2D eigenvalue weighted by molar-refractivity contribution is 5.76. The van der Waals surface area contributed by atoms with Gasteiger partial charge in [-0.05, 0) is 38.5 Å². The number of carbonyl (C=O) groups is 1. The number of carbonyl (C=O) groups excluding carboxylic acids is 1. The molecule has 0 heterocycles. The molecule has 1 unspecified atom stereocenters. The highest BCUT2D eigenvalue weighted by atomic mass is 16.1. The molecule has 2 N–H and O–H groups in total. The fourth-order valence-corrected chi connectivity index (χ4v) is 2.23. The molecule has 0 spiro atoms. The van der Waals surface area contributed by atoms with Crippen molar-refractivity contribution in [2.75, 3.05) is 0 Å². The zero-order valence-electron chi connectivity index (χ0n) is 14.2. The molecule has 21 heavy (non-hydrogen) atoms. The summed E-state index contributed by atoms with van der Waals surface area (Å²) in [6.07, 6.45) is 22.4. The van der Waals surface area contributed by atoms with Crippen LogP contribution in [-0.2, 0) is 4.79 Å². The Bertz CT molecular complexity index is 294. The van der Waals surface area contributed by atoms with Crippen LogP contribution in [0.3, 0.4) is 0 Å². The molecule has 2 heteroatoms. The molecule has 0 radical (unpaired) electrons. The summed E-state index contributed by atoms with van der Waals surface area (Å²) in [7, 11) is 0. The minimum atomic E-state index is -0.166. The van der Waals surface area contributed by atoms with E-state index in [1.807, 2.05) is 6.92 Å². The summed E-state index contributed by atoms with van der Waals surface area (Å²) in [4.78, 5) is 10.9. The van der Waals surface area contributed by atoms with Gasteiger partial charge in [-0.2, -0.15) is 0 Å². The maximum atomic E-state index is 10.9. The molecule has 0 aliphatic heterocycles. The van der Waals surface area contributed by atoms with Crippen molar-refractivity contribution in [2.45, 2.75) is 84.5 Å². The number of allylic oxidation sites excluding steroid dienone is 4. The van der Waals surface area contributed by atoms with E-state index in [4.69, 9.17) is 5.73 Å². The minimum absolute atomic E-state index is 0.0361. The first-order valence-corrected chi connectivity index (χ1v) is 8.77. The zero-order valence-corrected chi connectivity index (χ0v) is 14.2. The third kappa shape index (κ3) is 15.2. The lowest BCUT2D eigenvalue weighted by Crippen LogP contribution is -2.20. The van der Waals surface area contributed by atoms with Gasteiger partial charge in [0, 0.05) is 5.92 Å². The summed E-state index contributed by atoms with van der Waals surface area (Å²) in [5, 5.41) is 0. The second-order valence-corrected chi connectivity index (χ2v) is 5.97. The van der Waals surface area contributed by atoms with Crippen LogP contribution in [0.4, 0.5) is 0 Å². The monoisotopic (exact) mass is 293 g/mol. The molecule has 0 saturated heterocycles. The van der Waals surface area contributed by atoms with E-state index in [1.54, 1.807) is 0 Å². The molecule has 0 aliphatic carbocycles. The van der Waals surface area contributed by atoms with E-state index in [1.165, 1.54) is 51.4 Å². The molecule has 122 valence electrons. The Balaban J connectivity index is 3.27. The molecule has 0 aromatic heterocycles. The van der Waals surface area contributed by atoms with E-state index in [9.17, 15) is 4.79 Å². The lowest BCUT2D eigenvalue weighted by Gasteiger charge is -2.05. The van der Waals surface area contributed by atoms with Crippen LogP contribution in [0.15, 0.2) is 24.3 Å². The predicted molar refractivity (Wildman–Crippen MR) is 93.1 cm³/mol. The smallest absolute Gasteiger partial charge is 0.220 e. The van der Waals surface area contributed by atoms with Gasteiger partial charge < -0.3 is 5.73 Å². The number of nitrogens with two attached hydrogens (primary N) is 1. The maximum absolute atomic E-state index is 10.9. The van der Waals surface area contributed by atoms with Crippen molar-refractivity contribution < 1.29 is 4.79 Å². The predicted octanol–water partition coefficient (Wildman–Crippen LogP) is 5.53. The van der Waals surface area contributed by atoms with Crippen LogP contribution >= 0.6 is 0 Å². The Morgan fingerprint density at radius 1 is 0.905 bits per heavy atom. The van der Waals surface area contributed by atoms with Gasteiger partial charge in [-0.25, -0.2) is 0 Å². The average Bonchev–Trinajstić information content (AvgIpc) is 2.47. The van der Waals surface area contributed by atoms with Crippen molar-refractivity contribution in [3.8, 4) is 0 Å². The van der Waals surface area contributed by atoms with Gasteiger partial charge in [0.1, 0.15) is 0 Å². The number of primary amides is 1. The first-order chi connectivity index (χ1) is 10.2. The average molecular weight is 293 g/mol. The van der Waals surface area contributed by atoms with Crippen LogP contribution in [0.5, 0.6) is 0 Å². The van der Waals surface area contributed by atoms with E-state index < -0.39 is 0 Å². The Morgan fingerprint density at radius 2 is 1.48 bits per heavy atom. The van der Waals surface area contributed by atoms with E-state index in [0.29, 0.717) is 0 Å². The fraction of sp³-hybridized carbons (Fsp3) is 0.737. The summed E-state index contributed by atoms with van der Waals surface area (Å²) in [6, 6.07) is 0. The molecule has 2 nitrogen and oxygen atoms in total. The second-order valence-electron chi connectivity index (χ2n) is 5.97. The van der Waals surface area contributed by atoms with Crippen molar-refractivity contribution in [3.05, 3.63) is 24.3 Å². The van der Waals surface area contributed by atoms with Crippen LogP contribution in [-0.4, -0.2) is 5.91 Å². The molecule has 1 atom stereocenters. The van der Waals surface area contributed by atoms with E-state index in [2.05, 4.69) is 31.2 Å². The van der Waals surface area contributed by atoms with Crippen LogP contribution in [0, 0.1) is 5.92 Å². The Hall–Kier alpha value is -1.05. The largest absolute Gasteiger partial charge is 0.369 e. The van der Waals surface area contributed by atoms with Crippen molar-refractivity contribution in [2.24, 2.45) is 11.7 Å². The molecule has 0 aliphatic rings.